The zero-order valence-corrected chi connectivity index (χ0v) is 11.5. The normalized spacial score (nSPS) is 11.7. The molecule has 0 aliphatic rings. The van der Waals surface area contributed by atoms with Crippen LogP contribution in [0.4, 0.5) is 0 Å². The highest BCUT2D eigenvalue weighted by molar-refractivity contribution is 9.24. The Kier molecular flexibility index (Phi) is 3.88. The molecule has 5 nitrogen and oxygen atoms in total. The van der Waals surface area contributed by atoms with E-state index in [1.54, 1.807) is 0 Å². The maximum absolute atomic E-state index is 10.7. The van der Waals surface area contributed by atoms with Gasteiger partial charge in [-0.3, -0.25) is 10.1 Å². The first-order valence-electron chi connectivity index (χ1n) is 4.44. The third-order valence-corrected chi connectivity index (χ3v) is 3.18. The van der Waals surface area contributed by atoms with E-state index < -0.39 is 8.28 Å². The Morgan fingerprint density at radius 1 is 1.47 bits per heavy atom. The summed E-state index contributed by atoms with van der Waals surface area (Å²) < 4.78 is 3.71. The molecule has 15 heavy (non-hydrogen) atoms. The molecule has 84 valence electrons. The lowest BCUT2D eigenvalue weighted by Gasteiger charge is -2.05. The first kappa shape index (κ1) is 12.6. The number of halogens is 2. The van der Waals surface area contributed by atoms with E-state index in [4.69, 9.17) is 4.42 Å². The molecule has 0 aromatic carbocycles. The summed E-state index contributed by atoms with van der Waals surface area (Å²) in [7, 11) is 0. The SMILES string of the molecule is CCc1nc(C(Br)(Br)[N+](=O)[O-])oc1CC. The van der Waals surface area contributed by atoms with Crippen LogP contribution < -0.4 is 0 Å². The maximum atomic E-state index is 10.7. The highest BCUT2D eigenvalue weighted by atomic mass is 79.9. The van der Waals surface area contributed by atoms with Crippen LogP contribution in [-0.4, -0.2) is 9.91 Å². The van der Waals surface area contributed by atoms with Gasteiger partial charge in [0.1, 0.15) is 5.76 Å². The molecule has 0 unspecified atom stereocenters. The van der Waals surface area contributed by atoms with Gasteiger partial charge in [0, 0.05) is 38.3 Å². The van der Waals surface area contributed by atoms with Crippen molar-refractivity contribution in [2.24, 2.45) is 0 Å². The second kappa shape index (κ2) is 4.61. The van der Waals surface area contributed by atoms with Crippen LogP contribution in [0.25, 0.3) is 0 Å². The first-order valence-corrected chi connectivity index (χ1v) is 6.03. The van der Waals surface area contributed by atoms with E-state index in [2.05, 4.69) is 36.8 Å². The van der Waals surface area contributed by atoms with Crippen LogP contribution in [0.5, 0.6) is 0 Å². The zero-order chi connectivity index (χ0) is 11.6. The number of alkyl halides is 2. The molecule has 1 rings (SSSR count). The quantitative estimate of drug-likeness (QED) is 0.365. The highest BCUT2D eigenvalue weighted by Gasteiger charge is 2.44. The standard InChI is InChI=1S/C8H10Br2N2O3/c1-3-5-6(4-2)15-7(11-5)8(9,10)12(13)14/h3-4H2,1-2H3. The highest BCUT2D eigenvalue weighted by Crippen LogP contribution is 2.38. The summed E-state index contributed by atoms with van der Waals surface area (Å²) in [6.07, 6.45) is 1.37. The fraction of sp³-hybridized carbons (Fsp3) is 0.625. The van der Waals surface area contributed by atoms with Gasteiger partial charge in [0.25, 0.3) is 5.89 Å². The van der Waals surface area contributed by atoms with Crippen molar-refractivity contribution in [3.05, 3.63) is 27.5 Å². The molecule has 0 saturated heterocycles. The molecule has 0 radical (unpaired) electrons. The Morgan fingerprint density at radius 3 is 2.40 bits per heavy atom. The summed E-state index contributed by atoms with van der Waals surface area (Å²) in [6, 6.07) is 0. The number of hydrogen-bond donors (Lipinski definition) is 0. The molecule has 1 heterocycles. The number of hydrogen-bond acceptors (Lipinski definition) is 4. The molecule has 1 aromatic rings. The Morgan fingerprint density at radius 2 is 2.07 bits per heavy atom. The molecule has 0 saturated carbocycles. The van der Waals surface area contributed by atoms with Gasteiger partial charge in [0.05, 0.1) is 10.6 Å². The molecule has 0 aliphatic carbocycles. The van der Waals surface area contributed by atoms with Crippen LogP contribution in [0.15, 0.2) is 4.42 Å². The maximum Gasteiger partial charge on any atom is 0.400 e. The van der Waals surface area contributed by atoms with E-state index in [0.717, 1.165) is 5.69 Å². The first-order chi connectivity index (χ1) is 6.93. The van der Waals surface area contributed by atoms with Crippen LogP contribution in [0.2, 0.25) is 0 Å². The van der Waals surface area contributed by atoms with E-state index in [1.165, 1.54) is 0 Å². The van der Waals surface area contributed by atoms with Gasteiger partial charge >= 0.3 is 3.36 Å². The fourth-order valence-corrected chi connectivity index (χ4v) is 1.48. The van der Waals surface area contributed by atoms with Crippen LogP contribution in [0.3, 0.4) is 0 Å². The monoisotopic (exact) mass is 340 g/mol. The van der Waals surface area contributed by atoms with Gasteiger partial charge < -0.3 is 4.42 Å². The molecule has 0 bridgehead atoms. The molecule has 0 fully saturated rings. The molecule has 0 N–H and O–H groups in total. The minimum absolute atomic E-state index is 0.0289. The second-order valence-corrected chi connectivity index (χ2v) is 6.25. The summed E-state index contributed by atoms with van der Waals surface area (Å²) in [5.74, 6) is 0.721. The van der Waals surface area contributed by atoms with Crippen LogP contribution in [-0.2, 0) is 16.2 Å². The lowest BCUT2D eigenvalue weighted by Crippen LogP contribution is -2.21. The van der Waals surface area contributed by atoms with E-state index >= 15 is 0 Å². The molecular weight excluding hydrogens is 332 g/mol. The molecule has 0 atom stereocenters. The Labute approximate surface area is 104 Å². The number of nitrogens with zero attached hydrogens (tertiary/aromatic N) is 2. The average molecular weight is 342 g/mol. The van der Waals surface area contributed by atoms with Gasteiger partial charge in [0.2, 0.25) is 0 Å². The van der Waals surface area contributed by atoms with Crippen molar-refractivity contribution in [2.45, 2.75) is 30.0 Å². The smallest absolute Gasteiger partial charge is 0.400 e. The summed E-state index contributed by atoms with van der Waals surface area (Å²) in [6.45, 7) is 3.84. The van der Waals surface area contributed by atoms with Gasteiger partial charge in [0.15, 0.2) is 0 Å². The van der Waals surface area contributed by atoms with Gasteiger partial charge in [-0.1, -0.05) is 13.8 Å². The Balaban J connectivity index is 3.16. The van der Waals surface area contributed by atoms with Gasteiger partial charge in [-0.05, 0) is 6.42 Å². The fourth-order valence-electron chi connectivity index (χ4n) is 1.14. The summed E-state index contributed by atoms with van der Waals surface area (Å²) in [4.78, 5) is 14.3. The minimum Gasteiger partial charge on any atom is -0.438 e. The van der Waals surface area contributed by atoms with E-state index in [-0.39, 0.29) is 5.89 Å². The van der Waals surface area contributed by atoms with Crippen molar-refractivity contribution in [3.63, 3.8) is 0 Å². The predicted octanol–water partition coefficient (Wildman–Crippen LogP) is 2.98. The van der Waals surface area contributed by atoms with Crippen molar-refractivity contribution in [1.29, 1.82) is 0 Å². The number of aryl methyl sites for hydroxylation is 2. The van der Waals surface area contributed by atoms with Crippen LogP contribution in [0, 0.1) is 10.1 Å². The lowest BCUT2D eigenvalue weighted by molar-refractivity contribution is -0.514. The number of aromatic nitrogens is 1. The van der Waals surface area contributed by atoms with E-state index in [1.807, 2.05) is 13.8 Å². The molecule has 0 spiro atoms. The van der Waals surface area contributed by atoms with Crippen LogP contribution >= 0.6 is 31.9 Å². The lowest BCUT2D eigenvalue weighted by atomic mass is 10.2. The minimum atomic E-state index is -1.63. The topological polar surface area (TPSA) is 69.2 Å². The van der Waals surface area contributed by atoms with E-state index in [9.17, 15) is 10.1 Å². The van der Waals surface area contributed by atoms with Gasteiger partial charge in [-0.2, -0.15) is 0 Å². The third kappa shape index (κ3) is 2.39. The van der Waals surface area contributed by atoms with Crippen molar-refractivity contribution in [3.8, 4) is 0 Å². The molecule has 1 aromatic heterocycles. The molecule has 7 heteroatoms. The molecule has 0 amide bonds. The summed E-state index contributed by atoms with van der Waals surface area (Å²) >= 11 is 5.84. The van der Waals surface area contributed by atoms with Gasteiger partial charge in [-0.25, -0.2) is 4.98 Å². The second-order valence-electron chi connectivity index (χ2n) is 2.89. The third-order valence-electron chi connectivity index (χ3n) is 1.92. The van der Waals surface area contributed by atoms with Crippen LogP contribution in [0.1, 0.15) is 31.2 Å². The molecular formula is C8H10Br2N2O3. The van der Waals surface area contributed by atoms with Crippen molar-refractivity contribution in [2.75, 3.05) is 0 Å². The van der Waals surface area contributed by atoms with Crippen molar-refractivity contribution in [1.82, 2.24) is 4.98 Å². The zero-order valence-electron chi connectivity index (χ0n) is 8.29. The number of oxazole rings is 1. The van der Waals surface area contributed by atoms with Crippen molar-refractivity contribution >= 4 is 31.9 Å². The van der Waals surface area contributed by atoms with Crippen molar-refractivity contribution < 1.29 is 9.34 Å². The predicted molar refractivity (Wildman–Crippen MR) is 61.8 cm³/mol. The Bertz CT molecular complexity index is 354. The number of nitro groups is 1. The van der Waals surface area contributed by atoms with E-state index in [0.29, 0.717) is 18.6 Å². The van der Waals surface area contributed by atoms with Gasteiger partial charge in [-0.15, -0.1) is 0 Å². The summed E-state index contributed by atoms with van der Waals surface area (Å²) in [5.41, 5.74) is 0.762. The largest absolute Gasteiger partial charge is 0.438 e. The number of rotatable bonds is 4. The average Bonchev–Trinajstić information content (AvgIpc) is 2.60. The Hall–Kier alpha value is -0.430. The molecule has 0 aliphatic heterocycles. The summed E-state index contributed by atoms with van der Waals surface area (Å²) in [5, 5.41) is 10.7.